The van der Waals surface area contributed by atoms with E-state index in [2.05, 4.69) is 33.1 Å². The number of benzene rings is 1. The highest BCUT2D eigenvalue weighted by Gasteiger charge is 2.12. The molecule has 0 aromatic heterocycles. The molecule has 0 saturated heterocycles. The van der Waals surface area contributed by atoms with Crippen molar-refractivity contribution in [1.29, 1.82) is 0 Å². The average Bonchev–Trinajstić information content (AvgIpc) is 2.38. The van der Waals surface area contributed by atoms with Crippen LogP contribution in [0, 0.1) is 3.57 Å². The first kappa shape index (κ1) is 15.1. The summed E-state index contributed by atoms with van der Waals surface area (Å²) in [6.07, 6.45) is 0.702. The molecule has 0 unspecified atom stereocenters. The summed E-state index contributed by atoms with van der Waals surface area (Å²) >= 11 is 2.16. The maximum atomic E-state index is 11.8. The van der Waals surface area contributed by atoms with E-state index < -0.39 is 6.04 Å². The zero-order valence-electron chi connectivity index (χ0n) is 9.98. The Balaban J connectivity index is 2.51. The summed E-state index contributed by atoms with van der Waals surface area (Å²) in [6.45, 7) is 0.341. The number of carbonyl (C=O) groups is 2. The lowest BCUT2D eigenvalue weighted by atomic mass is 10.2. The first-order valence-corrected chi connectivity index (χ1v) is 6.46. The molecule has 1 amide bonds. The van der Waals surface area contributed by atoms with Gasteiger partial charge >= 0.3 is 7.62 Å². The Bertz CT molecular complexity index is 400. The van der Waals surface area contributed by atoms with Crippen LogP contribution >= 0.6 is 22.6 Å². The van der Waals surface area contributed by atoms with Crippen LogP contribution in [0.15, 0.2) is 24.3 Å². The first-order chi connectivity index (χ1) is 8.67. The Morgan fingerprint density at radius 2 is 2.17 bits per heavy atom. The third kappa shape index (κ3) is 5.15. The van der Waals surface area contributed by atoms with Crippen molar-refractivity contribution in [2.45, 2.75) is 6.04 Å². The molecule has 1 atom stereocenters. The summed E-state index contributed by atoms with van der Waals surface area (Å²) in [5.74, 6) is -0.261. The maximum Gasteiger partial charge on any atom is 0.360 e. The molecule has 1 rings (SSSR count). The lowest BCUT2D eigenvalue weighted by Crippen LogP contribution is -2.44. The highest BCUT2D eigenvalue weighted by molar-refractivity contribution is 14.1. The molecule has 0 heterocycles. The van der Waals surface area contributed by atoms with Gasteiger partial charge in [0.15, 0.2) is 0 Å². The van der Waals surface area contributed by atoms with E-state index in [1.165, 1.54) is 0 Å². The van der Waals surface area contributed by atoms with Gasteiger partial charge in [0, 0.05) is 22.8 Å². The van der Waals surface area contributed by atoms with Gasteiger partial charge in [-0.05, 0) is 46.9 Å². The smallest absolute Gasteiger partial charge is 0.360 e. The summed E-state index contributed by atoms with van der Waals surface area (Å²) in [5.41, 5.74) is 0.536. The van der Waals surface area contributed by atoms with E-state index in [9.17, 15) is 9.59 Å². The first-order valence-electron chi connectivity index (χ1n) is 5.38. The molecule has 5 nitrogen and oxygen atoms in total. The fourth-order valence-corrected chi connectivity index (χ4v) is 1.66. The van der Waals surface area contributed by atoms with E-state index in [1.807, 2.05) is 12.1 Å². The molecule has 0 aliphatic heterocycles. The molecule has 0 fully saturated rings. The largest absolute Gasteiger partial charge is 0.427 e. The van der Waals surface area contributed by atoms with Gasteiger partial charge in [-0.25, -0.2) is 0 Å². The summed E-state index contributed by atoms with van der Waals surface area (Å²) < 4.78 is 5.85. The average molecular weight is 360 g/mol. The van der Waals surface area contributed by atoms with Crippen LogP contribution in [-0.2, 0) is 9.45 Å². The molecule has 0 aliphatic rings. The standard InChI is InChI=1S/C11H14BIN2O3/c1-18-12-14-6-10(7-16)15-11(17)8-2-4-9(13)5-3-8/h2-5,7,10,12,14H,6H2,1H3,(H,15,17)/t10-/m0/s1. The van der Waals surface area contributed by atoms with Crippen LogP contribution in [0.3, 0.4) is 0 Å². The van der Waals surface area contributed by atoms with E-state index in [4.69, 9.17) is 4.65 Å². The van der Waals surface area contributed by atoms with Crippen LogP contribution in [0.1, 0.15) is 10.4 Å². The number of aldehydes is 1. The van der Waals surface area contributed by atoms with Crippen LogP contribution in [0.4, 0.5) is 0 Å². The fourth-order valence-electron chi connectivity index (χ4n) is 1.30. The molecule has 96 valence electrons. The topological polar surface area (TPSA) is 67.4 Å². The molecule has 2 N–H and O–H groups in total. The number of rotatable bonds is 7. The van der Waals surface area contributed by atoms with Gasteiger partial charge in [0.1, 0.15) is 6.29 Å². The molecule has 0 bridgehead atoms. The summed E-state index contributed by atoms with van der Waals surface area (Å²) in [7, 11) is 1.89. The highest BCUT2D eigenvalue weighted by atomic mass is 127. The molecule has 18 heavy (non-hydrogen) atoms. The lowest BCUT2D eigenvalue weighted by molar-refractivity contribution is -0.109. The van der Waals surface area contributed by atoms with Gasteiger partial charge < -0.3 is 20.0 Å². The third-order valence-corrected chi connectivity index (χ3v) is 2.92. The second-order valence-corrected chi connectivity index (χ2v) is 4.86. The Kier molecular flexibility index (Phi) is 6.92. The van der Waals surface area contributed by atoms with E-state index in [1.54, 1.807) is 19.2 Å². The number of hydrogen-bond acceptors (Lipinski definition) is 4. The monoisotopic (exact) mass is 360 g/mol. The van der Waals surface area contributed by atoms with Crippen LogP contribution in [0.25, 0.3) is 0 Å². The van der Waals surface area contributed by atoms with Crippen LogP contribution in [0.2, 0.25) is 0 Å². The highest BCUT2D eigenvalue weighted by Crippen LogP contribution is 2.06. The molecular formula is C11H14BIN2O3. The summed E-state index contributed by atoms with van der Waals surface area (Å²) in [6, 6.07) is 6.57. The van der Waals surface area contributed by atoms with Crippen LogP contribution in [-0.4, -0.2) is 39.5 Å². The summed E-state index contributed by atoms with van der Waals surface area (Å²) in [4.78, 5) is 22.6. The molecule has 0 saturated carbocycles. The maximum absolute atomic E-state index is 11.8. The lowest BCUT2D eigenvalue weighted by Gasteiger charge is -2.13. The van der Waals surface area contributed by atoms with Crippen LogP contribution in [0.5, 0.6) is 0 Å². The van der Waals surface area contributed by atoms with Gasteiger partial charge in [0.2, 0.25) is 0 Å². The molecule has 7 heteroatoms. The van der Waals surface area contributed by atoms with Gasteiger partial charge in [-0.3, -0.25) is 4.79 Å². The van der Waals surface area contributed by atoms with Crippen molar-refractivity contribution in [3.8, 4) is 0 Å². The molecule has 0 aliphatic carbocycles. The molecule has 1 aromatic rings. The number of carbonyl (C=O) groups excluding carboxylic acids is 2. The number of hydrogen-bond donors (Lipinski definition) is 2. The van der Waals surface area contributed by atoms with Crippen LogP contribution < -0.4 is 10.5 Å². The SMILES string of the molecule is COBNC[C@@H](C=O)NC(=O)c1ccc(I)cc1. The number of halogens is 1. The van der Waals surface area contributed by atoms with Gasteiger partial charge in [-0.2, -0.15) is 0 Å². The Labute approximate surface area is 120 Å². The Morgan fingerprint density at radius 1 is 1.50 bits per heavy atom. The fraction of sp³-hybridized carbons (Fsp3) is 0.273. The van der Waals surface area contributed by atoms with Crippen molar-refractivity contribution in [3.63, 3.8) is 0 Å². The van der Waals surface area contributed by atoms with Gasteiger partial charge in [0.25, 0.3) is 5.91 Å². The molecular weight excluding hydrogens is 346 g/mol. The molecule has 0 radical (unpaired) electrons. The van der Waals surface area contributed by atoms with Crippen molar-refractivity contribution >= 4 is 42.4 Å². The molecule has 0 spiro atoms. The van der Waals surface area contributed by atoms with Gasteiger partial charge in [0.05, 0.1) is 6.04 Å². The van der Waals surface area contributed by atoms with E-state index in [-0.39, 0.29) is 5.91 Å². The van der Waals surface area contributed by atoms with Crippen molar-refractivity contribution < 1.29 is 14.2 Å². The molecule has 1 aromatic carbocycles. The quantitative estimate of drug-likeness (QED) is 0.313. The minimum absolute atomic E-state index is 0.261. The number of nitrogens with one attached hydrogen (secondary N) is 2. The second-order valence-electron chi connectivity index (χ2n) is 3.61. The normalized spacial score (nSPS) is 11.7. The minimum atomic E-state index is -0.563. The Hall–Kier alpha value is -0.925. The zero-order chi connectivity index (χ0) is 13.4. The third-order valence-electron chi connectivity index (χ3n) is 2.20. The van der Waals surface area contributed by atoms with E-state index in [0.717, 1.165) is 3.57 Å². The minimum Gasteiger partial charge on any atom is -0.427 e. The number of amides is 1. The van der Waals surface area contributed by atoms with Gasteiger partial charge in [-0.15, -0.1) is 0 Å². The van der Waals surface area contributed by atoms with Gasteiger partial charge in [-0.1, -0.05) is 0 Å². The van der Waals surface area contributed by atoms with Crippen molar-refractivity contribution in [2.24, 2.45) is 0 Å². The van der Waals surface area contributed by atoms with Crippen molar-refractivity contribution in [2.75, 3.05) is 13.7 Å². The predicted octanol–water partition coefficient (Wildman–Crippen LogP) is 0.0910. The zero-order valence-corrected chi connectivity index (χ0v) is 12.1. The summed E-state index contributed by atoms with van der Waals surface area (Å²) in [5, 5.41) is 5.52. The van der Waals surface area contributed by atoms with E-state index >= 15 is 0 Å². The van der Waals surface area contributed by atoms with Crippen molar-refractivity contribution in [3.05, 3.63) is 33.4 Å². The second kappa shape index (κ2) is 8.22. The Morgan fingerprint density at radius 3 is 2.72 bits per heavy atom. The van der Waals surface area contributed by atoms with Crippen molar-refractivity contribution in [1.82, 2.24) is 10.5 Å². The van der Waals surface area contributed by atoms with E-state index in [0.29, 0.717) is 26.0 Å². The predicted molar refractivity (Wildman–Crippen MR) is 78.6 cm³/mol.